The van der Waals surface area contributed by atoms with Crippen LogP contribution in [0.15, 0.2) is 51.3 Å². The molecule has 4 rings (SSSR count). The lowest BCUT2D eigenvalue weighted by atomic mass is 10.1. The van der Waals surface area contributed by atoms with E-state index in [2.05, 4.69) is 9.97 Å². The summed E-state index contributed by atoms with van der Waals surface area (Å²) in [5.41, 5.74) is 2.87. The van der Waals surface area contributed by atoms with Crippen LogP contribution in [0, 0.1) is 13.8 Å². The second-order valence-electron chi connectivity index (χ2n) is 6.99. The zero-order valence-corrected chi connectivity index (χ0v) is 20.3. The normalized spacial score (nSPS) is 12.8. The molecule has 4 aromatic rings. The van der Waals surface area contributed by atoms with Crippen LogP contribution < -0.4 is 9.47 Å². The third-order valence-electron chi connectivity index (χ3n) is 5.00. The highest BCUT2D eigenvalue weighted by Gasteiger charge is 2.29. The van der Waals surface area contributed by atoms with E-state index >= 15 is 0 Å². The van der Waals surface area contributed by atoms with Gasteiger partial charge < -0.3 is 9.47 Å². The molecule has 8 nitrogen and oxygen atoms in total. The van der Waals surface area contributed by atoms with E-state index in [1.165, 1.54) is 13.2 Å². The molecule has 1 atom stereocenters. The molecule has 0 spiro atoms. The molecule has 0 bridgehead atoms. The molecule has 0 amide bonds. The smallest absolute Gasteiger partial charge is 0.279 e. The van der Waals surface area contributed by atoms with Gasteiger partial charge in [0.05, 0.1) is 47.5 Å². The molecule has 3 heterocycles. The van der Waals surface area contributed by atoms with Crippen LogP contribution in [-0.2, 0) is 26.6 Å². The average Bonchev–Trinajstić information content (AvgIpc) is 3.44. The van der Waals surface area contributed by atoms with Gasteiger partial charge in [-0.15, -0.1) is 11.3 Å². The number of fused-ring (bicyclic) bond motifs is 1. The van der Waals surface area contributed by atoms with Gasteiger partial charge >= 0.3 is 0 Å². The van der Waals surface area contributed by atoms with E-state index in [4.69, 9.17) is 9.47 Å². The molecule has 11 heteroatoms. The van der Waals surface area contributed by atoms with E-state index in [0.29, 0.717) is 28.2 Å². The second-order valence-corrected chi connectivity index (χ2v) is 11.3. The number of rotatable bonds is 7. The van der Waals surface area contributed by atoms with E-state index < -0.39 is 20.8 Å². The van der Waals surface area contributed by atoms with Crippen molar-refractivity contribution < 1.29 is 22.1 Å². The summed E-state index contributed by atoms with van der Waals surface area (Å²) in [5, 5.41) is 1.61. The summed E-state index contributed by atoms with van der Waals surface area (Å²) in [7, 11) is -2.77. The van der Waals surface area contributed by atoms with E-state index in [1.54, 1.807) is 43.0 Å². The Kier molecular flexibility index (Phi) is 6.06. The van der Waals surface area contributed by atoms with Crippen LogP contribution in [0.3, 0.4) is 0 Å². The molecule has 0 saturated carbocycles. The molecule has 32 heavy (non-hydrogen) atoms. The number of imidazole rings is 1. The standard InChI is InChI=1S/C21H21N3O5S3/c1-13-11-22-17(14(2)20(13)29-4)12-31(25)21-23-16-8-7-15(28-3)10-18(16)24(21)32(26,27)19-6-5-9-30-19/h5-11H,12H2,1-4H3. The number of ether oxygens (including phenoxy) is 2. The maximum atomic E-state index is 13.5. The molecular formula is C21H21N3O5S3. The van der Waals surface area contributed by atoms with Crippen molar-refractivity contribution in [1.82, 2.24) is 13.9 Å². The molecule has 0 saturated heterocycles. The first-order valence-corrected chi connectivity index (χ1v) is 13.1. The molecule has 0 aliphatic heterocycles. The number of thiophene rings is 1. The predicted molar refractivity (Wildman–Crippen MR) is 124 cm³/mol. The first-order chi connectivity index (χ1) is 15.3. The Hall–Kier alpha value is -2.76. The third-order valence-corrected chi connectivity index (χ3v) is 9.41. The maximum Gasteiger partial charge on any atom is 0.279 e. The quantitative estimate of drug-likeness (QED) is 0.389. The number of hydrogen-bond acceptors (Lipinski definition) is 8. The van der Waals surface area contributed by atoms with Gasteiger partial charge in [0.25, 0.3) is 10.0 Å². The summed E-state index contributed by atoms with van der Waals surface area (Å²) in [6.07, 6.45) is 1.65. The fraction of sp³-hybridized carbons (Fsp3) is 0.238. The number of aryl methyl sites for hydroxylation is 1. The Labute approximate surface area is 192 Å². The Morgan fingerprint density at radius 3 is 2.59 bits per heavy atom. The molecule has 0 N–H and O–H groups in total. The number of pyridine rings is 1. The minimum absolute atomic E-state index is 0.0110. The van der Waals surface area contributed by atoms with E-state index in [1.807, 2.05) is 13.8 Å². The molecule has 0 aliphatic rings. The molecule has 0 aliphatic carbocycles. The second kappa shape index (κ2) is 8.64. The van der Waals surface area contributed by atoms with Crippen LogP contribution >= 0.6 is 11.3 Å². The molecule has 1 unspecified atom stereocenters. The van der Waals surface area contributed by atoms with Crippen molar-refractivity contribution in [2.45, 2.75) is 29.0 Å². The summed E-state index contributed by atoms with van der Waals surface area (Å²) in [4.78, 5) is 8.82. The van der Waals surface area contributed by atoms with Gasteiger partial charge in [-0.05, 0) is 37.4 Å². The predicted octanol–water partition coefficient (Wildman–Crippen LogP) is 3.67. The largest absolute Gasteiger partial charge is 0.497 e. The minimum atomic E-state index is -4.02. The maximum absolute atomic E-state index is 13.5. The summed E-state index contributed by atoms with van der Waals surface area (Å²) in [5.74, 6) is 1.12. The van der Waals surface area contributed by atoms with Crippen LogP contribution in [0.2, 0.25) is 0 Å². The van der Waals surface area contributed by atoms with Crippen LogP contribution in [-0.4, -0.2) is 40.8 Å². The average molecular weight is 492 g/mol. The van der Waals surface area contributed by atoms with E-state index in [9.17, 15) is 12.6 Å². The first kappa shape index (κ1) is 22.4. The van der Waals surface area contributed by atoms with Crippen LogP contribution in [0.25, 0.3) is 11.0 Å². The zero-order valence-electron chi connectivity index (χ0n) is 17.9. The number of nitrogens with zero attached hydrogens (tertiary/aromatic N) is 3. The van der Waals surface area contributed by atoms with Crippen molar-refractivity contribution in [3.8, 4) is 11.5 Å². The van der Waals surface area contributed by atoms with Crippen molar-refractivity contribution in [3.05, 3.63) is 58.7 Å². The Morgan fingerprint density at radius 2 is 1.94 bits per heavy atom. The van der Waals surface area contributed by atoms with Gasteiger partial charge in [-0.25, -0.2) is 8.96 Å². The van der Waals surface area contributed by atoms with Crippen molar-refractivity contribution in [2.75, 3.05) is 14.2 Å². The fourth-order valence-corrected chi connectivity index (χ4v) is 7.52. The SMILES string of the molecule is COc1ccc2nc(S(=O)Cc3ncc(C)c(OC)c3C)n(S(=O)(=O)c3cccs3)c2c1. The van der Waals surface area contributed by atoms with Gasteiger partial charge in [0.15, 0.2) is 0 Å². The highest BCUT2D eigenvalue weighted by Crippen LogP contribution is 2.31. The minimum Gasteiger partial charge on any atom is -0.497 e. The molecule has 1 aromatic carbocycles. The summed E-state index contributed by atoms with van der Waals surface area (Å²) < 4.78 is 52.3. The van der Waals surface area contributed by atoms with Gasteiger partial charge in [0.2, 0.25) is 5.16 Å². The van der Waals surface area contributed by atoms with E-state index in [-0.39, 0.29) is 15.1 Å². The number of benzene rings is 1. The number of methoxy groups -OCH3 is 2. The highest BCUT2D eigenvalue weighted by atomic mass is 32.2. The summed E-state index contributed by atoms with van der Waals surface area (Å²) in [6.45, 7) is 3.71. The fourth-order valence-electron chi connectivity index (χ4n) is 3.42. The lowest BCUT2D eigenvalue weighted by Crippen LogP contribution is -2.17. The topological polar surface area (TPSA) is 100 Å². The van der Waals surface area contributed by atoms with E-state index in [0.717, 1.165) is 26.4 Å². The van der Waals surface area contributed by atoms with Crippen LogP contribution in [0.5, 0.6) is 11.5 Å². The molecule has 168 valence electrons. The van der Waals surface area contributed by atoms with Gasteiger partial charge in [-0.2, -0.15) is 8.42 Å². The summed E-state index contributed by atoms with van der Waals surface area (Å²) in [6, 6.07) is 8.07. The number of aromatic nitrogens is 3. The monoisotopic (exact) mass is 491 g/mol. The Balaban J connectivity index is 1.88. The number of hydrogen-bond donors (Lipinski definition) is 0. The highest BCUT2D eigenvalue weighted by molar-refractivity contribution is 7.93. The lowest BCUT2D eigenvalue weighted by Gasteiger charge is -2.13. The Bertz CT molecular complexity index is 1430. The van der Waals surface area contributed by atoms with Crippen molar-refractivity contribution >= 4 is 43.2 Å². The first-order valence-electron chi connectivity index (χ1n) is 9.51. The van der Waals surface area contributed by atoms with Crippen LogP contribution in [0.4, 0.5) is 0 Å². The van der Waals surface area contributed by atoms with Gasteiger partial charge in [-0.3, -0.25) is 9.19 Å². The molecular weight excluding hydrogens is 470 g/mol. The Morgan fingerprint density at radius 1 is 1.16 bits per heavy atom. The molecule has 3 aromatic heterocycles. The van der Waals surface area contributed by atoms with Crippen molar-refractivity contribution in [2.24, 2.45) is 0 Å². The summed E-state index contributed by atoms with van der Waals surface area (Å²) >= 11 is 1.08. The van der Waals surface area contributed by atoms with Crippen molar-refractivity contribution in [1.29, 1.82) is 0 Å². The van der Waals surface area contributed by atoms with Crippen molar-refractivity contribution in [3.63, 3.8) is 0 Å². The third kappa shape index (κ3) is 3.80. The zero-order chi connectivity index (χ0) is 23.0. The van der Waals surface area contributed by atoms with Gasteiger partial charge in [0, 0.05) is 23.4 Å². The molecule has 0 fully saturated rings. The van der Waals surface area contributed by atoms with Crippen LogP contribution in [0.1, 0.15) is 16.8 Å². The van der Waals surface area contributed by atoms with Gasteiger partial charge in [0.1, 0.15) is 15.7 Å². The van der Waals surface area contributed by atoms with Gasteiger partial charge in [-0.1, -0.05) is 6.07 Å². The lowest BCUT2D eigenvalue weighted by molar-refractivity contribution is 0.407. The molecule has 0 radical (unpaired) electrons.